The number of piperidine rings is 1. The molecular weight excluding hydrogens is 200 g/mol. The van der Waals surface area contributed by atoms with Crippen LogP contribution in [0.2, 0.25) is 0 Å². The largest absolute Gasteiger partial charge is 0.355 e. The molecule has 1 aliphatic carbocycles. The summed E-state index contributed by atoms with van der Waals surface area (Å²) in [5, 5.41) is 6.55. The normalized spacial score (nSPS) is 27.4. The summed E-state index contributed by atoms with van der Waals surface area (Å²) in [6, 6.07) is 0. The van der Waals surface area contributed by atoms with Crippen LogP contribution >= 0.6 is 0 Å². The first-order chi connectivity index (χ1) is 7.77. The number of hydrogen-bond donors (Lipinski definition) is 2. The van der Waals surface area contributed by atoms with Crippen LogP contribution in [0.3, 0.4) is 0 Å². The van der Waals surface area contributed by atoms with E-state index in [-0.39, 0.29) is 5.41 Å². The molecule has 1 heterocycles. The highest BCUT2D eigenvalue weighted by Gasteiger charge is 2.48. The maximum Gasteiger partial charge on any atom is 0.226 e. The van der Waals surface area contributed by atoms with Crippen molar-refractivity contribution in [3.8, 4) is 0 Å². The predicted molar refractivity (Wildman–Crippen MR) is 65.2 cm³/mol. The summed E-state index contributed by atoms with van der Waals surface area (Å²) >= 11 is 0. The van der Waals surface area contributed by atoms with Gasteiger partial charge in [0.2, 0.25) is 5.91 Å². The summed E-state index contributed by atoms with van der Waals surface area (Å²) < 4.78 is 0. The number of amides is 1. The van der Waals surface area contributed by atoms with Crippen molar-refractivity contribution in [2.45, 2.75) is 45.4 Å². The molecule has 2 fully saturated rings. The molecule has 1 saturated heterocycles. The van der Waals surface area contributed by atoms with Crippen molar-refractivity contribution in [2.24, 2.45) is 11.3 Å². The number of hydrogen-bond acceptors (Lipinski definition) is 2. The van der Waals surface area contributed by atoms with Gasteiger partial charge >= 0.3 is 0 Å². The van der Waals surface area contributed by atoms with Crippen LogP contribution in [0.1, 0.15) is 45.4 Å². The number of nitrogens with one attached hydrogen (secondary N) is 2. The van der Waals surface area contributed by atoms with Crippen molar-refractivity contribution in [1.29, 1.82) is 0 Å². The van der Waals surface area contributed by atoms with Gasteiger partial charge in [-0.05, 0) is 51.1 Å². The zero-order chi connectivity index (χ0) is 11.4. The van der Waals surface area contributed by atoms with E-state index in [9.17, 15) is 4.79 Å². The zero-order valence-electron chi connectivity index (χ0n) is 10.3. The van der Waals surface area contributed by atoms with Crippen LogP contribution in [0.5, 0.6) is 0 Å². The standard InChI is InChI=1S/C13H24N2O/c1-2-5-13(6-7-13)12(16)15-10-11-4-3-8-14-9-11/h11,14H,2-10H2,1H3,(H,15,16). The second-order valence-corrected chi connectivity index (χ2v) is 5.45. The third kappa shape index (κ3) is 2.76. The van der Waals surface area contributed by atoms with E-state index in [1.807, 2.05) is 0 Å². The molecule has 2 rings (SSSR count). The van der Waals surface area contributed by atoms with Gasteiger partial charge in [-0.1, -0.05) is 13.3 Å². The quantitative estimate of drug-likeness (QED) is 0.746. The molecule has 0 aromatic carbocycles. The Morgan fingerprint density at radius 1 is 1.50 bits per heavy atom. The highest BCUT2D eigenvalue weighted by molar-refractivity contribution is 5.85. The molecule has 0 radical (unpaired) electrons. The first kappa shape index (κ1) is 11.9. The van der Waals surface area contributed by atoms with Crippen molar-refractivity contribution in [3.05, 3.63) is 0 Å². The minimum atomic E-state index is 0.0385. The molecule has 1 saturated carbocycles. The summed E-state index contributed by atoms with van der Waals surface area (Å²) in [7, 11) is 0. The molecule has 2 aliphatic rings. The smallest absolute Gasteiger partial charge is 0.226 e. The minimum Gasteiger partial charge on any atom is -0.355 e. The lowest BCUT2D eigenvalue weighted by molar-refractivity contribution is -0.126. The van der Waals surface area contributed by atoms with Gasteiger partial charge in [0.1, 0.15) is 0 Å². The molecule has 0 aromatic heterocycles. The highest BCUT2D eigenvalue weighted by Crippen LogP contribution is 2.49. The summed E-state index contributed by atoms with van der Waals surface area (Å²) in [6.45, 7) is 5.25. The summed E-state index contributed by atoms with van der Waals surface area (Å²) in [6.07, 6.45) is 6.92. The maximum absolute atomic E-state index is 12.0. The Labute approximate surface area is 98.4 Å². The highest BCUT2D eigenvalue weighted by atomic mass is 16.2. The molecule has 0 bridgehead atoms. The molecule has 3 heteroatoms. The van der Waals surface area contributed by atoms with Crippen LogP contribution in [-0.4, -0.2) is 25.5 Å². The van der Waals surface area contributed by atoms with Crippen molar-refractivity contribution in [1.82, 2.24) is 10.6 Å². The van der Waals surface area contributed by atoms with Gasteiger partial charge in [0.05, 0.1) is 0 Å². The van der Waals surface area contributed by atoms with E-state index >= 15 is 0 Å². The fourth-order valence-electron chi connectivity index (χ4n) is 2.74. The Morgan fingerprint density at radius 3 is 2.88 bits per heavy atom. The molecule has 2 N–H and O–H groups in total. The predicted octanol–water partition coefficient (Wildman–Crippen LogP) is 1.68. The Morgan fingerprint density at radius 2 is 2.31 bits per heavy atom. The molecule has 0 aromatic rings. The SMILES string of the molecule is CCCC1(C(=O)NCC2CCCNC2)CC1. The van der Waals surface area contributed by atoms with Gasteiger partial charge < -0.3 is 10.6 Å². The fraction of sp³-hybridized carbons (Fsp3) is 0.923. The van der Waals surface area contributed by atoms with Gasteiger partial charge in [-0.15, -0.1) is 0 Å². The summed E-state index contributed by atoms with van der Waals surface area (Å²) in [5.41, 5.74) is 0.0385. The van der Waals surface area contributed by atoms with E-state index in [4.69, 9.17) is 0 Å². The van der Waals surface area contributed by atoms with E-state index < -0.39 is 0 Å². The zero-order valence-corrected chi connectivity index (χ0v) is 10.3. The van der Waals surface area contributed by atoms with Gasteiger partial charge in [-0.2, -0.15) is 0 Å². The van der Waals surface area contributed by atoms with E-state index in [0.717, 1.165) is 45.3 Å². The molecule has 92 valence electrons. The van der Waals surface area contributed by atoms with Crippen molar-refractivity contribution >= 4 is 5.91 Å². The Hall–Kier alpha value is -0.570. The summed E-state index contributed by atoms with van der Waals surface area (Å²) in [5.74, 6) is 0.968. The molecule has 0 spiro atoms. The van der Waals surface area contributed by atoms with E-state index in [0.29, 0.717) is 11.8 Å². The van der Waals surface area contributed by atoms with Crippen LogP contribution in [0.4, 0.5) is 0 Å². The number of carbonyl (C=O) groups excluding carboxylic acids is 1. The van der Waals surface area contributed by atoms with Gasteiger partial charge in [0, 0.05) is 12.0 Å². The Bertz CT molecular complexity index is 242. The molecule has 16 heavy (non-hydrogen) atoms. The number of carbonyl (C=O) groups is 1. The van der Waals surface area contributed by atoms with Crippen LogP contribution in [0.15, 0.2) is 0 Å². The molecular formula is C13H24N2O. The van der Waals surface area contributed by atoms with Gasteiger partial charge in [-0.25, -0.2) is 0 Å². The van der Waals surface area contributed by atoms with Crippen LogP contribution < -0.4 is 10.6 Å². The third-order valence-electron chi connectivity index (χ3n) is 4.01. The molecule has 1 amide bonds. The lowest BCUT2D eigenvalue weighted by Gasteiger charge is -2.24. The molecule has 3 nitrogen and oxygen atoms in total. The average molecular weight is 224 g/mol. The monoisotopic (exact) mass is 224 g/mol. The topological polar surface area (TPSA) is 41.1 Å². The lowest BCUT2D eigenvalue weighted by Crippen LogP contribution is -2.40. The van der Waals surface area contributed by atoms with Crippen LogP contribution in [-0.2, 0) is 4.79 Å². The first-order valence-corrected chi connectivity index (χ1v) is 6.76. The second-order valence-electron chi connectivity index (χ2n) is 5.45. The molecule has 1 unspecified atom stereocenters. The van der Waals surface area contributed by atoms with Crippen LogP contribution in [0.25, 0.3) is 0 Å². The van der Waals surface area contributed by atoms with Gasteiger partial charge in [0.15, 0.2) is 0 Å². The van der Waals surface area contributed by atoms with Gasteiger partial charge in [-0.3, -0.25) is 4.79 Å². The van der Waals surface area contributed by atoms with E-state index in [2.05, 4.69) is 17.6 Å². The minimum absolute atomic E-state index is 0.0385. The summed E-state index contributed by atoms with van der Waals surface area (Å²) in [4.78, 5) is 12.0. The van der Waals surface area contributed by atoms with Crippen LogP contribution in [0, 0.1) is 11.3 Å². The molecule has 1 atom stereocenters. The van der Waals surface area contributed by atoms with Crippen molar-refractivity contribution in [3.63, 3.8) is 0 Å². The van der Waals surface area contributed by atoms with Crippen molar-refractivity contribution in [2.75, 3.05) is 19.6 Å². The Balaban J connectivity index is 1.71. The van der Waals surface area contributed by atoms with Crippen molar-refractivity contribution < 1.29 is 4.79 Å². The van der Waals surface area contributed by atoms with E-state index in [1.54, 1.807) is 0 Å². The first-order valence-electron chi connectivity index (χ1n) is 6.76. The number of rotatable bonds is 5. The molecule has 1 aliphatic heterocycles. The third-order valence-corrected chi connectivity index (χ3v) is 4.01. The average Bonchev–Trinajstić information content (AvgIpc) is 3.09. The van der Waals surface area contributed by atoms with Gasteiger partial charge in [0.25, 0.3) is 0 Å². The lowest BCUT2D eigenvalue weighted by atomic mass is 9.97. The Kier molecular flexibility index (Phi) is 3.85. The fourth-order valence-corrected chi connectivity index (χ4v) is 2.74. The van der Waals surface area contributed by atoms with E-state index in [1.165, 1.54) is 12.8 Å². The second kappa shape index (κ2) is 5.17. The maximum atomic E-state index is 12.0.